The molecule has 0 saturated heterocycles. The van der Waals surface area contributed by atoms with Crippen molar-refractivity contribution in [2.75, 3.05) is 46.8 Å². The molecule has 0 saturated carbocycles. The summed E-state index contributed by atoms with van der Waals surface area (Å²) in [4.78, 5) is 10.6. The van der Waals surface area contributed by atoms with Gasteiger partial charge < -0.3 is 23.7 Å². The van der Waals surface area contributed by atoms with Crippen LogP contribution in [0.4, 0.5) is 0 Å². The minimum absolute atomic E-state index is 0.178. The lowest BCUT2D eigenvalue weighted by Gasteiger charge is -2.17. The van der Waals surface area contributed by atoms with E-state index in [1.54, 1.807) is 7.11 Å². The van der Waals surface area contributed by atoms with Gasteiger partial charge in [-0.1, -0.05) is 23.8 Å². The largest absolute Gasteiger partial charge is 0.490 e. The van der Waals surface area contributed by atoms with Crippen molar-refractivity contribution in [3.63, 3.8) is 0 Å². The first kappa shape index (κ1) is 21.2. The van der Waals surface area contributed by atoms with Gasteiger partial charge in [-0.3, -0.25) is 4.79 Å². The first-order valence-electron chi connectivity index (χ1n) is 9.02. The Morgan fingerprint density at radius 3 is 2.33 bits per heavy atom. The normalized spacial score (nSPS) is 10.9. The number of benzene rings is 2. The van der Waals surface area contributed by atoms with Gasteiger partial charge in [-0.25, -0.2) is 0 Å². The first-order valence-corrected chi connectivity index (χ1v) is 9.02. The molecule has 0 atom stereocenters. The number of hydrogen-bond donors (Lipinski definition) is 0. The van der Waals surface area contributed by atoms with E-state index in [-0.39, 0.29) is 6.61 Å². The molecule has 148 valence electrons. The van der Waals surface area contributed by atoms with Crippen LogP contribution in [0.1, 0.15) is 16.7 Å². The summed E-state index contributed by atoms with van der Waals surface area (Å²) in [6.07, 6.45) is 0. The topological polar surface area (TPSA) is 63.2 Å². The Bertz CT molecular complexity index is 728. The van der Waals surface area contributed by atoms with E-state index in [0.29, 0.717) is 46.1 Å². The Labute approximate surface area is 160 Å². The molecule has 0 radical (unpaired) electrons. The molecule has 0 aliphatic rings. The van der Waals surface area contributed by atoms with Crippen LogP contribution in [-0.4, -0.2) is 53.2 Å². The summed E-state index contributed by atoms with van der Waals surface area (Å²) in [6, 6.07) is 8.29. The highest BCUT2D eigenvalue weighted by molar-refractivity contribution is 5.89. The molecule has 0 aliphatic carbocycles. The zero-order valence-corrected chi connectivity index (χ0v) is 16.3. The van der Waals surface area contributed by atoms with Gasteiger partial charge in [0.05, 0.1) is 33.0 Å². The van der Waals surface area contributed by atoms with Crippen LogP contribution in [0.5, 0.6) is 5.75 Å². The number of methoxy groups -OCH3 is 1. The number of hydrogen-bond acceptors (Lipinski definition) is 6. The van der Waals surface area contributed by atoms with Gasteiger partial charge >= 0.3 is 0 Å². The van der Waals surface area contributed by atoms with Crippen molar-refractivity contribution in [3.05, 3.63) is 41.0 Å². The standard InChI is InChI=1S/C21H28O6/c1-16-4-5-20-17(2)21(19(14-26-15-22)13-18(20)12-16)27-11-10-25-9-8-24-7-6-23-3/h4-5,12-13,15H,6-11,14H2,1-3H3. The summed E-state index contributed by atoms with van der Waals surface area (Å²) in [5.41, 5.74) is 3.06. The van der Waals surface area contributed by atoms with E-state index in [1.807, 2.05) is 13.0 Å². The molecule has 6 nitrogen and oxygen atoms in total. The maximum Gasteiger partial charge on any atom is 0.293 e. The van der Waals surface area contributed by atoms with Crippen LogP contribution in [0.2, 0.25) is 0 Å². The van der Waals surface area contributed by atoms with Crippen LogP contribution in [-0.2, 0) is 30.3 Å². The van der Waals surface area contributed by atoms with Gasteiger partial charge in [0.2, 0.25) is 0 Å². The predicted octanol–water partition coefficient (Wildman–Crippen LogP) is 3.19. The average molecular weight is 376 g/mol. The zero-order valence-electron chi connectivity index (χ0n) is 16.3. The van der Waals surface area contributed by atoms with Crippen LogP contribution < -0.4 is 4.74 Å². The molecule has 0 heterocycles. The van der Waals surface area contributed by atoms with E-state index >= 15 is 0 Å². The average Bonchev–Trinajstić information content (AvgIpc) is 2.66. The molecule has 6 heteroatoms. The number of carbonyl (C=O) groups is 1. The summed E-state index contributed by atoms with van der Waals surface area (Å²) < 4.78 is 26.7. The van der Waals surface area contributed by atoms with E-state index in [4.69, 9.17) is 23.7 Å². The maximum atomic E-state index is 10.6. The maximum absolute atomic E-state index is 10.6. The van der Waals surface area contributed by atoms with Gasteiger partial charge in [-0.15, -0.1) is 0 Å². The minimum atomic E-state index is 0.178. The Balaban J connectivity index is 1.95. The second-order valence-corrected chi connectivity index (χ2v) is 6.19. The monoisotopic (exact) mass is 376 g/mol. The molecular formula is C21H28O6. The molecule has 27 heavy (non-hydrogen) atoms. The van der Waals surface area contributed by atoms with Crippen molar-refractivity contribution >= 4 is 17.2 Å². The third-order valence-corrected chi connectivity index (χ3v) is 4.16. The Kier molecular flexibility index (Phi) is 9.04. The van der Waals surface area contributed by atoms with Gasteiger partial charge in [0.25, 0.3) is 6.47 Å². The molecule has 0 aromatic heterocycles. The highest BCUT2D eigenvalue weighted by atomic mass is 16.6. The van der Waals surface area contributed by atoms with E-state index in [0.717, 1.165) is 27.6 Å². The third-order valence-electron chi connectivity index (χ3n) is 4.16. The first-order chi connectivity index (χ1) is 13.2. The fraction of sp³-hybridized carbons (Fsp3) is 0.476. The van der Waals surface area contributed by atoms with E-state index < -0.39 is 0 Å². The molecule has 0 aliphatic heterocycles. The fourth-order valence-corrected chi connectivity index (χ4v) is 2.86. The summed E-state index contributed by atoms with van der Waals surface area (Å²) in [6.45, 7) is 7.72. The van der Waals surface area contributed by atoms with Crippen molar-refractivity contribution < 1.29 is 28.5 Å². The smallest absolute Gasteiger partial charge is 0.293 e. The van der Waals surface area contributed by atoms with Crippen LogP contribution in [0.3, 0.4) is 0 Å². The lowest BCUT2D eigenvalue weighted by atomic mass is 9.99. The number of ether oxygens (including phenoxy) is 5. The van der Waals surface area contributed by atoms with Gasteiger partial charge in [-0.05, 0) is 36.2 Å². The van der Waals surface area contributed by atoms with Crippen LogP contribution in [0, 0.1) is 13.8 Å². The third kappa shape index (κ3) is 6.50. The lowest BCUT2D eigenvalue weighted by molar-refractivity contribution is -0.129. The van der Waals surface area contributed by atoms with Crippen molar-refractivity contribution in [2.45, 2.75) is 20.5 Å². The second-order valence-electron chi connectivity index (χ2n) is 6.19. The molecule has 2 rings (SSSR count). The van der Waals surface area contributed by atoms with E-state index in [1.165, 1.54) is 5.56 Å². The minimum Gasteiger partial charge on any atom is -0.490 e. The highest BCUT2D eigenvalue weighted by Crippen LogP contribution is 2.32. The Hall–Kier alpha value is -2.15. The van der Waals surface area contributed by atoms with E-state index in [2.05, 4.69) is 25.1 Å². The summed E-state index contributed by atoms with van der Waals surface area (Å²) in [5, 5.41) is 2.23. The molecule has 2 aromatic rings. The van der Waals surface area contributed by atoms with Crippen LogP contribution in [0.15, 0.2) is 24.3 Å². The molecule has 0 bridgehead atoms. The molecule has 0 fully saturated rings. The van der Waals surface area contributed by atoms with Crippen molar-refractivity contribution in [1.82, 2.24) is 0 Å². The fourth-order valence-electron chi connectivity index (χ4n) is 2.86. The molecule has 0 N–H and O–H groups in total. The number of carbonyl (C=O) groups excluding carboxylic acids is 1. The van der Waals surface area contributed by atoms with Gasteiger partial charge in [-0.2, -0.15) is 0 Å². The van der Waals surface area contributed by atoms with Crippen molar-refractivity contribution in [1.29, 1.82) is 0 Å². The predicted molar refractivity (Wildman–Crippen MR) is 103 cm³/mol. The lowest BCUT2D eigenvalue weighted by Crippen LogP contribution is -2.13. The van der Waals surface area contributed by atoms with Gasteiger partial charge in [0.15, 0.2) is 0 Å². The summed E-state index contributed by atoms with van der Waals surface area (Å²) in [7, 11) is 1.64. The molecule has 0 amide bonds. The Morgan fingerprint density at radius 1 is 0.926 bits per heavy atom. The molecular weight excluding hydrogens is 348 g/mol. The number of aryl methyl sites for hydroxylation is 2. The molecule has 2 aromatic carbocycles. The molecule has 0 spiro atoms. The van der Waals surface area contributed by atoms with Crippen molar-refractivity contribution in [3.8, 4) is 5.75 Å². The van der Waals surface area contributed by atoms with Crippen LogP contribution in [0.25, 0.3) is 10.8 Å². The van der Waals surface area contributed by atoms with Crippen LogP contribution >= 0.6 is 0 Å². The molecule has 0 unspecified atom stereocenters. The van der Waals surface area contributed by atoms with Gasteiger partial charge in [0, 0.05) is 12.7 Å². The second kappa shape index (κ2) is 11.5. The number of fused-ring (bicyclic) bond motifs is 1. The van der Waals surface area contributed by atoms with E-state index in [9.17, 15) is 4.79 Å². The SMILES string of the molecule is COCCOCCOCCOc1c(COC=O)cc2cc(C)ccc2c1C. The quantitative estimate of drug-likeness (QED) is 0.395. The summed E-state index contributed by atoms with van der Waals surface area (Å²) in [5.74, 6) is 0.744. The number of rotatable bonds is 13. The Morgan fingerprint density at radius 2 is 1.63 bits per heavy atom. The zero-order chi connectivity index (χ0) is 19.5. The van der Waals surface area contributed by atoms with Gasteiger partial charge in [0.1, 0.15) is 19.0 Å². The highest BCUT2D eigenvalue weighted by Gasteiger charge is 2.12. The van der Waals surface area contributed by atoms with Crippen molar-refractivity contribution in [2.24, 2.45) is 0 Å². The summed E-state index contributed by atoms with van der Waals surface area (Å²) >= 11 is 0.